The van der Waals surface area contributed by atoms with Crippen LogP contribution in [0.2, 0.25) is 0 Å². The Balaban J connectivity index is 2.19. The average molecular weight is 280 g/mol. The first-order chi connectivity index (χ1) is 7.67. The normalized spacial score (nSPS) is 10.7. The number of nitrogens with zero attached hydrogens (tertiary/aromatic N) is 3. The molecular formula is C12H14BrN3. The van der Waals surface area contributed by atoms with Gasteiger partial charge in [-0.2, -0.15) is 0 Å². The monoisotopic (exact) mass is 279 g/mol. The van der Waals surface area contributed by atoms with Crippen molar-refractivity contribution in [2.75, 3.05) is 0 Å². The van der Waals surface area contributed by atoms with E-state index in [0.717, 1.165) is 17.6 Å². The Morgan fingerprint density at radius 3 is 2.44 bits per heavy atom. The minimum atomic E-state index is 0.750. The Labute approximate surface area is 104 Å². The van der Waals surface area contributed by atoms with Gasteiger partial charge in [-0.05, 0) is 19.4 Å². The topological polar surface area (TPSA) is 30.7 Å². The van der Waals surface area contributed by atoms with Gasteiger partial charge in [-0.1, -0.05) is 50.5 Å². The molecule has 0 aliphatic rings. The molecule has 1 heterocycles. The second-order valence-electron chi connectivity index (χ2n) is 4.04. The summed E-state index contributed by atoms with van der Waals surface area (Å²) in [4.78, 5) is 0. The average Bonchev–Trinajstić information content (AvgIpc) is 2.64. The quantitative estimate of drug-likeness (QED) is 0.809. The molecule has 0 spiro atoms. The van der Waals surface area contributed by atoms with Gasteiger partial charge in [-0.25, -0.2) is 4.68 Å². The molecule has 0 aliphatic heterocycles. The van der Waals surface area contributed by atoms with Crippen LogP contribution < -0.4 is 0 Å². The van der Waals surface area contributed by atoms with Crippen molar-refractivity contribution in [3.63, 3.8) is 0 Å². The fraction of sp³-hybridized carbons (Fsp3) is 0.333. The SMILES string of the molecule is Cc1cc(C)cc(Cn2cc(CBr)nn2)c1. The number of halogens is 1. The van der Waals surface area contributed by atoms with Crippen molar-refractivity contribution in [3.8, 4) is 0 Å². The van der Waals surface area contributed by atoms with E-state index in [9.17, 15) is 0 Å². The van der Waals surface area contributed by atoms with Gasteiger partial charge in [0.15, 0.2) is 0 Å². The first-order valence-corrected chi connectivity index (χ1v) is 6.31. The minimum Gasteiger partial charge on any atom is -0.248 e. The molecule has 3 nitrogen and oxygen atoms in total. The fourth-order valence-corrected chi connectivity index (χ4v) is 2.08. The highest BCUT2D eigenvalue weighted by Crippen LogP contribution is 2.10. The molecule has 0 fully saturated rings. The van der Waals surface area contributed by atoms with Crippen molar-refractivity contribution in [1.82, 2.24) is 15.0 Å². The molecule has 4 heteroatoms. The third-order valence-corrected chi connectivity index (χ3v) is 2.92. The zero-order valence-electron chi connectivity index (χ0n) is 9.44. The molecule has 0 bridgehead atoms. The number of hydrogen-bond acceptors (Lipinski definition) is 2. The van der Waals surface area contributed by atoms with Gasteiger partial charge in [-0.15, -0.1) is 5.10 Å². The van der Waals surface area contributed by atoms with Crippen molar-refractivity contribution in [3.05, 3.63) is 46.8 Å². The summed E-state index contributed by atoms with van der Waals surface area (Å²) in [6, 6.07) is 6.54. The van der Waals surface area contributed by atoms with Gasteiger partial charge in [0.05, 0.1) is 12.2 Å². The van der Waals surface area contributed by atoms with Gasteiger partial charge < -0.3 is 0 Å². The Bertz CT molecular complexity index is 471. The third-order valence-electron chi connectivity index (χ3n) is 2.35. The van der Waals surface area contributed by atoms with Crippen LogP contribution in [0.3, 0.4) is 0 Å². The van der Waals surface area contributed by atoms with Crippen LogP contribution in [-0.2, 0) is 11.9 Å². The van der Waals surface area contributed by atoms with E-state index in [-0.39, 0.29) is 0 Å². The van der Waals surface area contributed by atoms with Gasteiger partial charge in [0.25, 0.3) is 0 Å². The summed E-state index contributed by atoms with van der Waals surface area (Å²) < 4.78 is 1.87. The summed E-state index contributed by atoms with van der Waals surface area (Å²) in [5.41, 5.74) is 4.81. The van der Waals surface area contributed by atoms with Gasteiger partial charge in [0.2, 0.25) is 0 Å². The number of aryl methyl sites for hydroxylation is 2. The minimum absolute atomic E-state index is 0.750. The maximum atomic E-state index is 4.08. The number of aromatic nitrogens is 3. The molecule has 0 amide bonds. The highest BCUT2D eigenvalue weighted by molar-refractivity contribution is 9.08. The fourth-order valence-electron chi connectivity index (χ4n) is 1.82. The molecule has 0 saturated heterocycles. The molecule has 1 aromatic heterocycles. The Morgan fingerprint density at radius 1 is 1.19 bits per heavy atom. The van der Waals surface area contributed by atoms with Crippen LogP contribution in [0.5, 0.6) is 0 Å². The van der Waals surface area contributed by atoms with Crippen LogP contribution in [-0.4, -0.2) is 15.0 Å². The molecule has 0 unspecified atom stereocenters. The van der Waals surface area contributed by atoms with Crippen LogP contribution in [0.4, 0.5) is 0 Å². The Morgan fingerprint density at radius 2 is 1.88 bits per heavy atom. The first-order valence-electron chi connectivity index (χ1n) is 5.19. The van der Waals surface area contributed by atoms with E-state index in [4.69, 9.17) is 0 Å². The van der Waals surface area contributed by atoms with Crippen molar-refractivity contribution < 1.29 is 0 Å². The predicted octanol–water partition coefficient (Wildman–Crippen LogP) is 2.84. The summed E-state index contributed by atoms with van der Waals surface area (Å²) in [5.74, 6) is 0. The van der Waals surface area contributed by atoms with Crippen molar-refractivity contribution in [1.29, 1.82) is 0 Å². The second-order valence-corrected chi connectivity index (χ2v) is 4.60. The molecule has 0 saturated carbocycles. The van der Waals surface area contributed by atoms with Gasteiger partial charge in [0, 0.05) is 11.5 Å². The van der Waals surface area contributed by atoms with Crippen molar-refractivity contribution in [2.24, 2.45) is 0 Å². The molecule has 2 aromatic rings. The lowest BCUT2D eigenvalue weighted by atomic mass is 10.1. The van der Waals surface area contributed by atoms with Crippen LogP contribution in [0.25, 0.3) is 0 Å². The van der Waals surface area contributed by atoms with Crippen molar-refractivity contribution in [2.45, 2.75) is 25.7 Å². The lowest BCUT2D eigenvalue weighted by molar-refractivity contribution is 0.649. The van der Waals surface area contributed by atoms with Gasteiger partial charge >= 0.3 is 0 Å². The first kappa shape index (κ1) is 11.3. The molecule has 0 atom stereocenters. The molecular weight excluding hydrogens is 266 g/mol. The maximum Gasteiger partial charge on any atom is 0.0932 e. The van der Waals surface area contributed by atoms with Crippen LogP contribution in [0.15, 0.2) is 24.4 Å². The lowest BCUT2D eigenvalue weighted by Gasteiger charge is -2.04. The number of rotatable bonds is 3. The van der Waals surface area contributed by atoms with E-state index < -0.39 is 0 Å². The third kappa shape index (κ3) is 2.70. The number of benzene rings is 1. The van der Waals surface area contributed by atoms with E-state index in [1.54, 1.807) is 0 Å². The summed E-state index contributed by atoms with van der Waals surface area (Å²) in [5, 5.41) is 8.87. The number of hydrogen-bond donors (Lipinski definition) is 0. The summed E-state index contributed by atoms with van der Waals surface area (Å²) in [7, 11) is 0. The van der Waals surface area contributed by atoms with E-state index in [2.05, 4.69) is 58.3 Å². The van der Waals surface area contributed by atoms with Crippen LogP contribution in [0, 0.1) is 13.8 Å². The number of alkyl halides is 1. The molecule has 84 valence electrons. The largest absolute Gasteiger partial charge is 0.248 e. The molecule has 1 aromatic carbocycles. The maximum absolute atomic E-state index is 4.08. The second kappa shape index (κ2) is 4.78. The molecule has 0 radical (unpaired) electrons. The summed E-state index contributed by atoms with van der Waals surface area (Å²) in [6.45, 7) is 5.01. The zero-order chi connectivity index (χ0) is 11.5. The Hall–Kier alpha value is -1.16. The highest BCUT2D eigenvalue weighted by Gasteiger charge is 2.01. The molecule has 2 rings (SSSR count). The van der Waals surface area contributed by atoms with E-state index in [1.165, 1.54) is 16.7 Å². The summed E-state index contributed by atoms with van der Waals surface area (Å²) >= 11 is 3.36. The van der Waals surface area contributed by atoms with E-state index in [1.807, 2.05) is 10.9 Å². The highest BCUT2D eigenvalue weighted by atomic mass is 79.9. The van der Waals surface area contributed by atoms with Crippen LogP contribution in [0.1, 0.15) is 22.4 Å². The van der Waals surface area contributed by atoms with Gasteiger partial charge in [-0.3, -0.25) is 0 Å². The molecule has 0 N–H and O–H groups in total. The smallest absolute Gasteiger partial charge is 0.0932 e. The lowest BCUT2D eigenvalue weighted by Crippen LogP contribution is -2.01. The molecule has 0 aliphatic carbocycles. The predicted molar refractivity (Wildman–Crippen MR) is 67.7 cm³/mol. The van der Waals surface area contributed by atoms with Gasteiger partial charge in [0.1, 0.15) is 0 Å². The standard InChI is InChI=1S/C12H14BrN3/c1-9-3-10(2)5-11(4-9)7-16-8-12(6-13)14-15-16/h3-5,8H,6-7H2,1-2H3. The van der Waals surface area contributed by atoms with E-state index >= 15 is 0 Å². The zero-order valence-corrected chi connectivity index (χ0v) is 11.0. The van der Waals surface area contributed by atoms with Crippen LogP contribution >= 0.6 is 15.9 Å². The molecule has 16 heavy (non-hydrogen) atoms. The Kier molecular flexibility index (Phi) is 3.39. The van der Waals surface area contributed by atoms with E-state index in [0.29, 0.717) is 0 Å². The van der Waals surface area contributed by atoms with Crippen molar-refractivity contribution >= 4 is 15.9 Å². The summed E-state index contributed by atoms with van der Waals surface area (Å²) in [6.07, 6.45) is 1.96.